The Morgan fingerprint density at radius 3 is 2.75 bits per heavy atom. The molecule has 0 bridgehead atoms. The van der Waals surface area contributed by atoms with Gasteiger partial charge in [0.05, 0.1) is 11.8 Å². The molecule has 1 aromatic rings. The zero-order chi connectivity index (χ0) is 17.7. The molecule has 24 heavy (non-hydrogen) atoms. The molecule has 2 rings (SSSR count). The molecule has 1 heterocycles. The summed E-state index contributed by atoms with van der Waals surface area (Å²) in [5.41, 5.74) is 0.109. The standard InChI is InChI=1S/C17H24FN3O3/c1-11(2)24-14-6-7-16(15(18)9-14)20-17(23)21-8-4-5-13(10-21)19-12(3)22/h6-7,9,11,13H,4-5,8,10H2,1-3H3,(H,19,22)(H,20,23). The van der Waals surface area contributed by atoms with Crippen LogP contribution < -0.4 is 15.4 Å². The van der Waals surface area contributed by atoms with E-state index in [9.17, 15) is 14.0 Å². The number of piperidine rings is 1. The third kappa shape index (κ3) is 5.11. The molecule has 132 valence electrons. The fraction of sp³-hybridized carbons (Fsp3) is 0.529. The van der Waals surface area contributed by atoms with Gasteiger partial charge < -0.3 is 20.3 Å². The molecule has 1 saturated heterocycles. The number of nitrogens with one attached hydrogen (secondary N) is 2. The van der Waals surface area contributed by atoms with Crippen LogP contribution in [-0.2, 0) is 4.79 Å². The summed E-state index contributed by atoms with van der Waals surface area (Å²) >= 11 is 0. The second-order valence-corrected chi connectivity index (χ2v) is 6.22. The molecule has 1 aliphatic heterocycles. The Balaban J connectivity index is 1.97. The topological polar surface area (TPSA) is 70.7 Å². The molecule has 2 N–H and O–H groups in total. The molecule has 1 fully saturated rings. The van der Waals surface area contributed by atoms with Crippen molar-refractivity contribution in [1.82, 2.24) is 10.2 Å². The van der Waals surface area contributed by atoms with Crippen LogP contribution in [0.3, 0.4) is 0 Å². The first-order valence-electron chi connectivity index (χ1n) is 8.14. The lowest BCUT2D eigenvalue weighted by Gasteiger charge is -2.33. The van der Waals surface area contributed by atoms with Crippen molar-refractivity contribution in [3.63, 3.8) is 0 Å². The number of anilines is 1. The number of hydrogen-bond donors (Lipinski definition) is 2. The number of amides is 3. The minimum atomic E-state index is -0.545. The molecule has 1 atom stereocenters. The van der Waals surface area contributed by atoms with Crippen LogP contribution in [0.15, 0.2) is 18.2 Å². The van der Waals surface area contributed by atoms with Crippen LogP contribution in [-0.4, -0.2) is 42.1 Å². The average Bonchev–Trinajstić information content (AvgIpc) is 2.49. The van der Waals surface area contributed by atoms with E-state index in [0.717, 1.165) is 12.8 Å². The van der Waals surface area contributed by atoms with Crippen LogP contribution in [0.4, 0.5) is 14.9 Å². The van der Waals surface area contributed by atoms with Crippen molar-refractivity contribution in [2.24, 2.45) is 0 Å². The molecule has 1 aromatic carbocycles. The van der Waals surface area contributed by atoms with Gasteiger partial charge in [-0.3, -0.25) is 4.79 Å². The first kappa shape index (κ1) is 18.0. The number of halogens is 1. The van der Waals surface area contributed by atoms with Crippen molar-refractivity contribution in [3.8, 4) is 5.75 Å². The number of carbonyl (C=O) groups is 2. The normalized spacial score (nSPS) is 17.5. The van der Waals surface area contributed by atoms with E-state index in [0.29, 0.717) is 18.8 Å². The second-order valence-electron chi connectivity index (χ2n) is 6.22. The van der Waals surface area contributed by atoms with Crippen molar-refractivity contribution in [1.29, 1.82) is 0 Å². The number of benzene rings is 1. The van der Waals surface area contributed by atoms with Crippen LogP contribution >= 0.6 is 0 Å². The minimum Gasteiger partial charge on any atom is -0.491 e. The Bertz CT molecular complexity index is 607. The maximum absolute atomic E-state index is 14.1. The summed E-state index contributed by atoms with van der Waals surface area (Å²) in [6, 6.07) is 3.93. The van der Waals surface area contributed by atoms with Crippen LogP contribution in [0, 0.1) is 5.82 Å². The fourth-order valence-corrected chi connectivity index (χ4v) is 2.70. The molecule has 1 aliphatic rings. The van der Waals surface area contributed by atoms with Crippen molar-refractivity contribution < 1.29 is 18.7 Å². The van der Waals surface area contributed by atoms with Crippen LogP contribution in [0.1, 0.15) is 33.6 Å². The van der Waals surface area contributed by atoms with Crippen molar-refractivity contribution in [2.45, 2.75) is 45.8 Å². The number of likely N-dealkylation sites (tertiary alicyclic amines) is 1. The Labute approximate surface area is 141 Å². The van der Waals surface area contributed by atoms with Gasteiger partial charge >= 0.3 is 6.03 Å². The smallest absolute Gasteiger partial charge is 0.321 e. The summed E-state index contributed by atoms with van der Waals surface area (Å²) in [5, 5.41) is 5.39. The number of rotatable bonds is 4. The predicted molar refractivity (Wildman–Crippen MR) is 89.6 cm³/mol. The van der Waals surface area contributed by atoms with Gasteiger partial charge in [-0.2, -0.15) is 0 Å². The minimum absolute atomic E-state index is 0.0519. The first-order chi connectivity index (χ1) is 11.3. The molecular weight excluding hydrogens is 313 g/mol. The molecule has 0 saturated carbocycles. The Morgan fingerprint density at radius 1 is 1.38 bits per heavy atom. The molecule has 1 unspecified atom stereocenters. The molecule has 0 spiro atoms. The van der Waals surface area contributed by atoms with E-state index in [2.05, 4.69) is 10.6 Å². The largest absolute Gasteiger partial charge is 0.491 e. The van der Waals surface area contributed by atoms with E-state index in [4.69, 9.17) is 4.74 Å². The highest BCUT2D eigenvalue weighted by Crippen LogP contribution is 2.22. The Hall–Kier alpha value is -2.31. The van der Waals surface area contributed by atoms with Gasteiger partial charge in [-0.25, -0.2) is 9.18 Å². The van der Waals surface area contributed by atoms with Crippen molar-refractivity contribution in [2.75, 3.05) is 18.4 Å². The average molecular weight is 337 g/mol. The van der Waals surface area contributed by atoms with E-state index in [1.165, 1.54) is 19.1 Å². The number of urea groups is 1. The van der Waals surface area contributed by atoms with Gasteiger partial charge in [-0.05, 0) is 38.8 Å². The van der Waals surface area contributed by atoms with Gasteiger partial charge in [0.25, 0.3) is 0 Å². The van der Waals surface area contributed by atoms with E-state index in [1.54, 1.807) is 11.0 Å². The van der Waals surface area contributed by atoms with E-state index >= 15 is 0 Å². The predicted octanol–water partition coefficient (Wildman–Crippen LogP) is 2.75. The Kier molecular flexibility index (Phi) is 6.00. The molecule has 0 aromatic heterocycles. The molecule has 3 amide bonds. The van der Waals surface area contributed by atoms with Crippen LogP contribution in [0.25, 0.3) is 0 Å². The Morgan fingerprint density at radius 2 is 2.12 bits per heavy atom. The lowest BCUT2D eigenvalue weighted by molar-refractivity contribution is -0.119. The van der Waals surface area contributed by atoms with E-state index in [-0.39, 0.29) is 29.8 Å². The maximum Gasteiger partial charge on any atom is 0.321 e. The second kappa shape index (κ2) is 7.99. The third-order valence-electron chi connectivity index (χ3n) is 3.67. The maximum atomic E-state index is 14.1. The highest BCUT2D eigenvalue weighted by molar-refractivity contribution is 5.89. The summed E-state index contributed by atoms with van der Waals surface area (Å²) in [7, 11) is 0. The molecule has 0 aliphatic carbocycles. The summed E-state index contributed by atoms with van der Waals surface area (Å²) < 4.78 is 19.5. The van der Waals surface area contributed by atoms with Crippen molar-refractivity contribution in [3.05, 3.63) is 24.0 Å². The summed E-state index contributed by atoms with van der Waals surface area (Å²) in [4.78, 5) is 25.0. The number of hydrogen-bond acceptors (Lipinski definition) is 3. The lowest BCUT2D eigenvalue weighted by atomic mass is 10.1. The highest BCUT2D eigenvalue weighted by atomic mass is 19.1. The van der Waals surface area contributed by atoms with Crippen LogP contribution in [0.2, 0.25) is 0 Å². The van der Waals surface area contributed by atoms with E-state index < -0.39 is 5.82 Å². The van der Waals surface area contributed by atoms with E-state index in [1.807, 2.05) is 13.8 Å². The molecule has 6 nitrogen and oxygen atoms in total. The zero-order valence-electron chi connectivity index (χ0n) is 14.3. The third-order valence-corrected chi connectivity index (χ3v) is 3.67. The molecule has 0 radical (unpaired) electrons. The van der Waals surface area contributed by atoms with Crippen molar-refractivity contribution >= 4 is 17.6 Å². The first-order valence-corrected chi connectivity index (χ1v) is 8.14. The van der Waals surface area contributed by atoms with Gasteiger partial charge in [-0.15, -0.1) is 0 Å². The quantitative estimate of drug-likeness (QED) is 0.887. The SMILES string of the molecule is CC(=O)NC1CCCN(C(=O)Nc2ccc(OC(C)C)cc2F)C1. The number of nitrogens with zero attached hydrogens (tertiary/aromatic N) is 1. The summed E-state index contributed by atoms with van der Waals surface area (Å²) in [6.07, 6.45) is 1.57. The molecule has 7 heteroatoms. The van der Waals surface area contributed by atoms with Gasteiger partial charge in [0.15, 0.2) is 0 Å². The zero-order valence-corrected chi connectivity index (χ0v) is 14.3. The van der Waals surface area contributed by atoms with Gasteiger partial charge in [0.2, 0.25) is 5.91 Å². The lowest BCUT2D eigenvalue weighted by Crippen LogP contribution is -2.50. The highest BCUT2D eigenvalue weighted by Gasteiger charge is 2.24. The number of carbonyl (C=O) groups excluding carboxylic acids is 2. The van der Waals surface area contributed by atoms with Gasteiger partial charge in [-0.1, -0.05) is 0 Å². The summed E-state index contributed by atoms with van der Waals surface area (Å²) in [5.74, 6) is -0.241. The monoisotopic (exact) mass is 337 g/mol. The van der Waals surface area contributed by atoms with Crippen LogP contribution in [0.5, 0.6) is 5.75 Å². The molecular formula is C17H24FN3O3. The summed E-state index contributed by atoms with van der Waals surface area (Å²) in [6.45, 7) is 6.17. The number of ether oxygens (including phenoxy) is 1. The fourth-order valence-electron chi connectivity index (χ4n) is 2.70. The van der Waals surface area contributed by atoms with Gasteiger partial charge in [0.1, 0.15) is 11.6 Å². The van der Waals surface area contributed by atoms with Gasteiger partial charge in [0, 0.05) is 32.1 Å².